The fourth-order valence-corrected chi connectivity index (χ4v) is 4.09. The Morgan fingerprint density at radius 1 is 1.15 bits per heavy atom. The highest BCUT2D eigenvalue weighted by Gasteiger charge is 2.41. The summed E-state index contributed by atoms with van der Waals surface area (Å²) in [4.78, 5) is 0. The number of aromatic hydroxyl groups is 1. The van der Waals surface area contributed by atoms with Crippen LogP contribution in [0.5, 0.6) is 5.75 Å². The first-order valence-electron chi connectivity index (χ1n) is 9.41. The third-order valence-electron chi connectivity index (χ3n) is 5.53. The zero-order chi connectivity index (χ0) is 18.6. The Bertz CT molecular complexity index is 781. The number of hydrogen-bond donors (Lipinski definition) is 2. The summed E-state index contributed by atoms with van der Waals surface area (Å²) in [6.45, 7) is 7.64. The maximum Gasteiger partial charge on any atom is 0.123 e. The molecule has 2 nitrogen and oxygen atoms in total. The lowest BCUT2D eigenvalue weighted by Gasteiger charge is -2.41. The molecule has 1 aromatic carbocycles. The van der Waals surface area contributed by atoms with Crippen molar-refractivity contribution in [1.82, 2.24) is 0 Å². The van der Waals surface area contributed by atoms with Gasteiger partial charge in [-0.15, -0.1) is 13.2 Å². The maximum atomic E-state index is 11.7. The van der Waals surface area contributed by atoms with Gasteiger partial charge in [-0.2, -0.15) is 0 Å². The predicted octanol–water partition coefficient (Wildman–Crippen LogP) is 5.50. The van der Waals surface area contributed by atoms with Crippen molar-refractivity contribution in [2.75, 3.05) is 0 Å². The maximum absolute atomic E-state index is 11.7. The van der Waals surface area contributed by atoms with Crippen molar-refractivity contribution in [2.24, 2.45) is 5.92 Å². The fraction of sp³-hybridized carbons (Fsp3) is 0.333. The van der Waals surface area contributed by atoms with Crippen LogP contribution < -0.4 is 0 Å². The first kappa shape index (κ1) is 18.5. The van der Waals surface area contributed by atoms with Crippen LogP contribution in [-0.2, 0) is 6.42 Å². The summed E-state index contributed by atoms with van der Waals surface area (Å²) in [5, 5.41) is 22.3. The smallest absolute Gasteiger partial charge is 0.123 e. The van der Waals surface area contributed by atoms with Crippen molar-refractivity contribution in [1.29, 1.82) is 0 Å². The van der Waals surface area contributed by atoms with Crippen molar-refractivity contribution in [3.05, 3.63) is 84.5 Å². The lowest BCUT2D eigenvalue weighted by Crippen LogP contribution is -2.40. The quantitative estimate of drug-likeness (QED) is 0.667. The van der Waals surface area contributed by atoms with Gasteiger partial charge < -0.3 is 10.2 Å². The molecule has 0 radical (unpaired) electrons. The van der Waals surface area contributed by atoms with E-state index in [0.717, 1.165) is 54.4 Å². The van der Waals surface area contributed by atoms with Gasteiger partial charge in [-0.3, -0.25) is 0 Å². The van der Waals surface area contributed by atoms with Crippen LogP contribution in [0.15, 0.2) is 73.4 Å². The third kappa shape index (κ3) is 3.61. The van der Waals surface area contributed by atoms with Gasteiger partial charge in [0.05, 0.1) is 5.60 Å². The summed E-state index contributed by atoms with van der Waals surface area (Å²) in [5.74, 6) is 0.372. The normalized spacial score (nSPS) is 25.3. The molecule has 2 aliphatic carbocycles. The second-order valence-electron chi connectivity index (χ2n) is 7.28. The van der Waals surface area contributed by atoms with Gasteiger partial charge >= 0.3 is 0 Å². The molecule has 0 saturated heterocycles. The van der Waals surface area contributed by atoms with Crippen molar-refractivity contribution in [2.45, 2.75) is 44.1 Å². The second kappa shape index (κ2) is 7.92. The number of allylic oxidation sites excluding steroid dienone is 6. The molecule has 2 N–H and O–H groups in total. The molecule has 136 valence electrons. The molecule has 3 rings (SSSR count). The van der Waals surface area contributed by atoms with Gasteiger partial charge in [0.2, 0.25) is 0 Å². The summed E-state index contributed by atoms with van der Waals surface area (Å²) in [7, 11) is 0. The first-order chi connectivity index (χ1) is 12.6. The van der Waals surface area contributed by atoms with Crippen LogP contribution >= 0.6 is 0 Å². The van der Waals surface area contributed by atoms with Gasteiger partial charge in [0.1, 0.15) is 5.75 Å². The number of phenols is 1. The average Bonchev–Trinajstić information content (AvgIpc) is 2.66. The molecule has 0 bridgehead atoms. The van der Waals surface area contributed by atoms with Crippen LogP contribution in [-0.4, -0.2) is 15.8 Å². The van der Waals surface area contributed by atoms with Gasteiger partial charge in [-0.25, -0.2) is 0 Å². The Morgan fingerprint density at radius 2 is 1.96 bits per heavy atom. The minimum Gasteiger partial charge on any atom is -0.507 e. The van der Waals surface area contributed by atoms with Gasteiger partial charge in [0, 0.05) is 5.56 Å². The lowest BCUT2D eigenvalue weighted by molar-refractivity contribution is 0.0349. The van der Waals surface area contributed by atoms with Crippen molar-refractivity contribution >= 4 is 5.57 Å². The first-order valence-corrected chi connectivity index (χ1v) is 9.41. The molecule has 0 fully saturated rings. The second-order valence-corrected chi connectivity index (χ2v) is 7.28. The van der Waals surface area contributed by atoms with Gasteiger partial charge in [0.15, 0.2) is 0 Å². The van der Waals surface area contributed by atoms with Crippen molar-refractivity contribution in [3.8, 4) is 5.75 Å². The van der Waals surface area contributed by atoms with E-state index in [0.29, 0.717) is 6.42 Å². The molecule has 2 aliphatic rings. The average molecular weight is 348 g/mol. The van der Waals surface area contributed by atoms with Gasteiger partial charge in [0.25, 0.3) is 0 Å². The summed E-state index contributed by atoms with van der Waals surface area (Å²) in [6.07, 6.45) is 17.1. The Hall–Kier alpha value is -2.32. The van der Waals surface area contributed by atoms with Crippen molar-refractivity contribution < 1.29 is 10.2 Å². The summed E-state index contributed by atoms with van der Waals surface area (Å²) < 4.78 is 0. The Labute approximate surface area is 156 Å². The largest absolute Gasteiger partial charge is 0.507 e. The van der Waals surface area contributed by atoms with E-state index in [1.165, 1.54) is 0 Å². The van der Waals surface area contributed by atoms with E-state index in [1.54, 1.807) is 6.07 Å². The molecule has 2 heteroatoms. The predicted molar refractivity (Wildman–Crippen MR) is 109 cm³/mol. The molecule has 26 heavy (non-hydrogen) atoms. The zero-order valence-electron chi connectivity index (χ0n) is 15.3. The van der Waals surface area contributed by atoms with Crippen LogP contribution in [0.25, 0.3) is 5.57 Å². The minimum atomic E-state index is -0.959. The Kier molecular flexibility index (Phi) is 5.63. The van der Waals surface area contributed by atoms with E-state index in [2.05, 4.69) is 37.5 Å². The number of benzene rings is 1. The molecule has 0 heterocycles. The molecular weight excluding hydrogens is 320 g/mol. The van der Waals surface area contributed by atoms with E-state index in [-0.39, 0.29) is 11.7 Å². The van der Waals surface area contributed by atoms with Crippen molar-refractivity contribution in [3.63, 3.8) is 0 Å². The molecule has 0 saturated carbocycles. The fourth-order valence-electron chi connectivity index (χ4n) is 4.09. The third-order valence-corrected chi connectivity index (χ3v) is 5.53. The van der Waals surface area contributed by atoms with Crippen LogP contribution in [0.1, 0.15) is 43.2 Å². The lowest BCUT2D eigenvalue weighted by atomic mass is 9.68. The van der Waals surface area contributed by atoms with E-state index in [9.17, 15) is 10.2 Å². The Morgan fingerprint density at radius 3 is 2.65 bits per heavy atom. The number of aliphatic hydroxyl groups is 1. The van der Waals surface area contributed by atoms with E-state index in [4.69, 9.17) is 0 Å². The van der Waals surface area contributed by atoms with E-state index in [1.807, 2.05) is 24.3 Å². The molecule has 0 aromatic heterocycles. The molecule has 0 amide bonds. The standard InChI is InChI=1S/C24H28O2/c1-3-8-18-12-13-23(25)21(16-18)22-17-19(9-4-2)14-15-24(22,26)20-10-6-5-7-11-20/h3-6,12-14,16-17,20,25-26H,1-2,7-11,15H2. The molecule has 2 unspecified atom stereocenters. The molecule has 2 atom stereocenters. The molecule has 0 spiro atoms. The van der Waals surface area contributed by atoms with Crippen LogP contribution in [0.3, 0.4) is 0 Å². The highest BCUT2D eigenvalue weighted by molar-refractivity contribution is 5.80. The highest BCUT2D eigenvalue weighted by Crippen LogP contribution is 2.47. The van der Waals surface area contributed by atoms with E-state index >= 15 is 0 Å². The monoisotopic (exact) mass is 348 g/mol. The topological polar surface area (TPSA) is 40.5 Å². The number of hydrogen-bond acceptors (Lipinski definition) is 2. The SMILES string of the molecule is C=CCC1=CCC(O)(C2CC=CCC2)C(c2cc(CC=C)ccc2O)=C1. The minimum absolute atomic E-state index is 0.155. The van der Waals surface area contributed by atoms with Gasteiger partial charge in [-0.1, -0.05) is 42.5 Å². The van der Waals surface area contributed by atoms with Crippen LogP contribution in [0.4, 0.5) is 0 Å². The number of phenolic OH excluding ortho intramolecular Hbond substituents is 1. The van der Waals surface area contributed by atoms with Gasteiger partial charge in [-0.05, 0) is 73.3 Å². The summed E-state index contributed by atoms with van der Waals surface area (Å²) in [5.41, 5.74) is 2.83. The summed E-state index contributed by atoms with van der Waals surface area (Å²) >= 11 is 0. The van der Waals surface area contributed by atoms with E-state index < -0.39 is 5.60 Å². The highest BCUT2D eigenvalue weighted by atomic mass is 16.3. The van der Waals surface area contributed by atoms with Crippen LogP contribution in [0.2, 0.25) is 0 Å². The van der Waals surface area contributed by atoms with Crippen LogP contribution in [0, 0.1) is 5.92 Å². The molecule has 1 aromatic rings. The zero-order valence-corrected chi connectivity index (χ0v) is 15.3. The Balaban J connectivity index is 2.09. The summed E-state index contributed by atoms with van der Waals surface area (Å²) in [6, 6.07) is 5.62. The number of rotatable bonds is 6. The molecular formula is C24H28O2. The molecule has 0 aliphatic heterocycles.